The van der Waals surface area contributed by atoms with Crippen molar-refractivity contribution >= 4 is 0 Å². The normalized spacial score (nSPS) is 12.9. The summed E-state index contributed by atoms with van der Waals surface area (Å²) in [5.74, 6) is 0. The first-order chi connectivity index (χ1) is 5.34. The van der Waals surface area contributed by atoms with E-state index in [0.717, 1.165) is 5.69 Å². The third kappa shape index (κ3) is 2.25. The van der Waals surface area contributed by atoms with Crippen molar-refractivity contribution in [1.29, 1.82) is 0 Å². The summed E-state index contributed by atoms with van der Waals surface area (Å²) >= 11 is 0. The van der Waals surface area contributed by atoms with Crippen LogP contribution in [0.5, 0.6) is 0 Å². The molecular weight excluding hydrogens is 142 g/mol. The molecule has 0 saturated carbocycles. The Morgan fingerprint density at radius 3 is 2.91 bits per heavy atom. The minimum Gasteiger partial charge on any atom is -0.396 e. The zero-order chi connectivity index (χ0) is 8.10. The molecule has 11 heavy (non-hydrogen) atoms. The monoisotopic (exact) mass is 153 g/mol. The van der Waals surface area contributed by atoms with Gasteiger partial charge in [0, 0.05) is 25.2 Å². The van der Waals surface area contributed by atoms with Crippen LogP contribution in [0, 0.1) is 0 Å². The van der Waals surface area contributed by atoms with Crippen LogP contribution in [0.3, 0.4) is 0 Å². The van der Waals surface area contributed by atoms with E-state index in [1.165, 1.54) is 0 Å². The quantitative estimate of drug-likeness (QED) is 0.634. The standard InChI is InChI=1S/C7H11N3O/c8-6(1-4-11)7-5-9-2-3-10-7/h2-3,5-6,11H,1,4,8H2/t6-/m1/s1. The summed E-state index contributed by atoms with van der Waals surface area (Å²) in [5, 5.41) is 8.57. The van der Waals surface area contributed by atoms with Crippen LogP contribution < -0.4 is 5.73 Å². The van der Waals surface area contributed by atoms with E-state index < -0.39 is 0 Å². The lowest BCUT2D eigenvalue weighted by atomic mass is 10.2. The lowest BCUT2D eigenvalue weighted by molar-refractivity contribution is 0.275. The van der Waals surface area contributed by atoms with Crippen LogP contribution >= 0.6 is 0 Å². The first kappa shape index (κ1) is 8.10. The Morgan fingerprint density at radius 2 is 2.36 bits per heavy atom. The van der Waals surface area contributed by atoms with Gasteiger partial charge in [0.25, 0.3) is 0 Å². The first-order valence-corrected chi connectivity index (χ1v) is 3.47. The predicted octanol–water partition coefficient (Wildman–Crippen LogP) is -0.141. The van der Waals surface area contributed by atoms with Crippen LogP contribution in [0.25, 0.3) is 0 Å². The van der Waals surface area contributed by atoms with Gasteiger partial charge in [0.1, 0.15) is 0 Å². The van der Waals surface area contributed by atoms with E-state index in [9.17, 15) is 0 Å². The molecule has 1 rings (SSSR count). The second kappa shape index (κ2) is 4.00. The van der Waals surface area contributed by atoms with E-state index in [2.05, 4.69) is 9.97 Å². The lowest BCUT2D eigenvalue weighted by Crippen LogP contribution is -2.13. The van der Waals surface area contributed by atoms with Gasteiger partial charge in [0.05, 0.1) is 11.7 Å². The van der Waals surface area contributed by atoms with E-state index in [1.807, 2.05) is 0 Å². The van der Waals surface area contributed by atoms with Crippen LogP contribution in [0.15, 0.2) is 18.6 Å². The number of hydrogen-bond acceptors (Lipinski definition) is 4. The third-order valence-corrected chi connectivity index (χ3v) is 1.40. The number of aliphatic hydroxyl groups is 1. The van der Waals surface area contributed by atoms with Gasteiger partial charge in [0.15, 0.2) is 0 Å². The molecule has 0 aliphatic carbocycles. The summed E-state index contributed by atoms with van der Waals surface area (Å²) in [7, 11) is 0. The zero-order valence-electron chi connectivity index (χ0n) is 6.14. The van der Waals surface area contributed by atoms with Gasteiger partial charge in [-0.2, -0.15) is 0 Å². The van der Waals surface area contributed by atoms with Crippen molar-refractivity contribution in [2.45, 2.75) is 12.5 Å². The molecule has 0 amide bonds. The maximum atomic E-state index is 8.57. The second-order valence-electron chi connectivity index (χ2n) is 2.25. The molecule has 4 heteroatoms. The van der Waals surface area contributed by atoms with E-state index in [1.54, 1.807) is 18.6 Å². The molecule has 1 atom stereocenters. The topological polar surface area (TPSA) is 72.0 Å². The van der Waals surface area contributed by atoms with Crippen molar-refractivity contribution in [3.63, 3.8) is 0 Å². The van der Waals surface area contributed by atoms with Gasteiger partial charge in [0.2, 0.25) is 0 Å². The van der Waals surface area contributed by atoms with Gasteiger partial charge in [-0.3, -0.25) is 9.97 Å². The molecule has 0 fully saturated rings. The number of aliphatic hydroxyl groups excluding tert-OH is 1. The molecule has 1 aromatic heterocycles. The Balaban J connectivity index is 2.61. The van der Waals surface area contributed by atoms with Crippen LogP contribution in [0.4, 0.5) is 0 Å². The Kier molecular flexibility index (Phi) is 2.95. The van der Waals surface area contributed by atoms with Crippen LogP contribution in [-0.2, 0) is 0 Å². The minimum absolute atomic E-state index is 0.0811. The number of nitrogens with two attached hydrogens (primary N) is 1. The van der Waals surface area contributed by atoms with E-state index in [0.29, 0.717) is 6.42 Å². The molecule has 0 aliphatic rings. The molecule has 3 N–H and O–H groups in total. The highest BCUT2D eigenvalue weighted by Gasteiger charge is 2.04. The Bertz CT molecular complexity index is 202. The summed E-state index contributed by atoms with van der Waals surface area (Å²) in [4.78, 5) is 7.86. The second-order valence-corrected chi connectivity index (χ2v) is 2.25. The fourth-order valence-corrected chi connectivity index (χ4v) is 0.789. The SMILES string of the molecule is N[C@H](CCO)c1cnccn1. The molecular formula is C7H11N3O. The van der Waals surface area contributed by atoms with E-state index >= 15 is 0 Å². The molecule has 0 bridgehead atoms. The highest BCUT2D eigenvalue weighted by molar-refractivity contribution is 5.00. The number of rotatable bonds is 3. The first-order valence-electron chi connectivity index (χ1n) is 3.47. The Hall–Kier alpha value is -1.00. The predicted molar refractivity (Wildman–Crippen MR) is 40.7 cm³/mol. The molecule has 4 nitrogen and oxygen atoms in total. The molecule has 0 saturated heterocycles. The highest BCUT2D eigenvalue weighted by atomic mass is 16.3. The zero-order valence-corrected chi connectivity index (χ0v) is 6.14. The van der Waals surface area contributed by atoms with Crippen molar-refractivity contribution < 1.29 is 5.11 Å². The van der Waals surface area contributed by atoms with Gasteiger partial charge in [-0.25, -0.2) is 0 Å². The summed E-state index contributed by atoms with van der Waals surface area (Å²) in [6.07, 6.45) is 5.32. The van der Waals surface area contributed by atoms with Crippen LogP contribution in [-0.4, -0.2) is 21.7 Å². The fourth-order valence-electron chi connectivity index (χ4n) is 0.789. The number of aromatic nitrogens is 2. The molecule has 60 valence electrons. The van der Waals surface area contributed by atoms with Crippen LogP contribution in [0.2, 0.25) is 0 Å². The lowest BCUT2D eigenvalue weighted by Gasteiger charge is -2.06. The molecule has 0 unspecified atom stereocenters. The van der Waals surface area contributed by atoms with Gasteiger partial charge in [-0.15, -0.1) is 0 Å². The number of nitrogens with zero attached hydrogens (tertiary/aromatic N) is 2. The van der Waals surface area contributed by atoms with Crippen molar-refractivity contribution in [2.24, 2.45) is 5.73 Å². The molecule has 0 radical (unpaired) electrons. The van der Waals surface area contributed by atoms with Crippen molar-refractivity contribution in [3.8, 4) is 0 Å². The van der Waals surface area contributed by atoms with Crippen molar-refractivity contribution in [1.82, 2.24) is 9.97 Å². The van der Waals surface area contributed by atoms with E-state index in [-0.39, 0.29) is 12.6 Å². The van der Waals surface area contributed by atoms with E-state index in [4.69, 9.17) is 10.8 Å². The minimum atomic E-state index is -0.200. The molecule has 1 aromatic rings. The average molecular weight is 153 g/mol. The fraction of sp³-hybridized carbons (Fsp3) is 0.429. The molecule has 0 spiro atoms. The van der Waals surface area contributed by atoms with Crippen molar-refractivity contribution in [3.05, 3.63) is 24.3 Å². The highest BCUT2D eigenvalue weighted by Crippen LogP contribution is 2.07. The summed E-state index contributed by atoms with van der Waals surface area (Å²) in [6.45, 7) is 0.0811. The maximum absolute atomic E-state index is 8.57. The molecule has 1 heterocycles. The summed E-state index contributed by atoms with van der Waals surface area (Å²) in [6, 6.07) is -0.200. The summed E-state index contributed by atoms with van der Waals surface area (Å²) < 4.78 is 0. The smallest absolute Gasteiger partial charge is 0.0754 e. The summed E-state index contributed by atoms with van der Waals surface area (Å²) in [5.41, 5.74) is 6.37. The molecule has 0 aliphatic heterocycles. The van der Waals surface area contributed by atoms with Gasteiger partial charge < -0.3 is 10.8 Å². The maximum Gasteiger partial charge on any atom is 0.0754 e. The number of hydrogen-bond donors (Lipinski definition) is 2. The largest absolute Gasteiger partial charge is 0.396 e. The van der Waals surface area contributed by atoms with Crippen LogP contribution in [0.1, 0.15) is 18.2 Å². The third-order valence-electron chi connectivity index (χ3n) is 1.40. The van der Waals surface area contributed by atoms with Gasteiger partial charge in [-0.1, -0.05) is 0 Å². The Morgan fingerprint density at radius 1 is 1.55 bits per heavy atom. The Labute approximate surface area is 65.1 Å². The van der Waals surface area contributed by atoms with Gasteiger partial charge >= 0.3 is 0 Å². The molecule has 0 aromatic carbocycles. The van der Waals surface area contributed by atoms with Crippen molar-refractivity contribution in [2.75, 3.05) is 6.61 Å². The average Bonchev–Trinajstić information content (AvgIpc) is 2.07. The van der Waals surface area contributed by atoms with Gasteiger partial charge in [-0.05, 0) is 6.42 Å².